The van der Waals surface area contributed by atoms with Gasteiger partial charge in [-0.3, -0.25) is 0 Å². The quantitative estimate of drug-likeness (QED) is 0.326. The maximum Gasteiger partial charge on any atom is 0.0689 e. The van der Waals surface area contributed by atoms with E-state index in [-0.39, 0.29) is 12.4 Å². The van der Waals surface area contributed by atoms with Crippen LogP contribution >= 0.6 is 12.4 Å². The molecule has 0 spiro atoms. The van der Waals surface area contributed by atoms with Crippen molar-refractivity contribution in [1.82, 2.24) is 0 Å². The number of halogens is 1. The molecule has 0 saturated carbocycles. The van der Waals surface area contributed by atoms with Crippen LogP contribution in [0.3, 0.4) is 0 Å². The zero-order chi connectivity index (χ0) is 3.58. The first-order chi connectivity index (χ1) is 1.73. The van der Waals surface area contributed by atoms with Crippen molar-refractivity contribution in [3.8, 4) is 0 Å². The highest BCUT2D eigenvalue weighted by molar-refractivity contribution is 5.85. The molecule has 0 aromatic carbocycles. The summed E-state index contributed by atoms with van der Waals surface area (Å²) in [5.74, 6) is 0. The molecule has 0 heterocycles. The highest BCUT2D eigenvalue weighted by Gasteiger charge is 1.45. The van der Waals surface area contributed by atoms with Crippen molar-refractivity contribution in [3.05, 3.63) is 15.3 Å². The predicted octanol–water partition coefficient (Wildman–Crippen LogP) is 0.450. The van der Waals surface area contributed by atoms with Crippen LogP contribution in [0.5, 0.6) is 0 Å². The third-order valence-corrected chi connectivity index (χ3v) is 0. The van der Waals surface area contributed by atoms with E-state index in [9.17, 15) is 0 Å². The molecule has 0 atom stereocenters. The van der Waals surface area contributed by atoms with Gasteiger partial charge in [0, 0.05) is 12.4 Å². The van der Waals surface area contributed by atoms with Crippen LogP contribution in [0.1, 0.15) is 0 Å². The van der Waals surface area contributed by atoms with E-state index in [4.69, 9.17) is 15.3 Å². The minimum absolute atomic E-state index is 0. The van der Waals surface area contributed by atoms with E-state index >= 15 is 0 Å². The fourth-order valence-corrected chi connectivity index (χ4v) is 0. The summed E-state index contributed by atoms with van der Waals surface area (Å²) < 4.78 is 0. The van der Waals surface area contributed by atoms with Crippen molar-refractivity contribution in [1.29, 1.82) is 0 Å². The summed E-state index contributed by atoms with van der Waals surface area (Å²) in [4.78, 5) is 8.25. The lowest BCUT2D eigenvalue weighted by Crippen LogP contribution is -1.74. The molecule has 5 heavy (non-hydrogen) atoms. The van der Waals surface area contributed by atoms with Crippen molar-refractivity contribution in [2.24, 2.45) is 0 Å². The molecule has 0 aliphatic rings. The highest BCUT2D eigenvalue weighted by Crippen LogP contribution is 1.44. The summed E-state index contributed by atoms with van der Waals surface area (Å²) in [5, 5.41) is 14.8. The van der Waals surface area contributed by atoms with E-state index in [1.54, 1.807) is 0 Å². The normalized spacial score (nSPS) is 4.80. The molecule has 0 saturated heterocycles. The van der Waals surface area contributed by atoms with Gasteiger partial charge >= 0.3 is 0 Å². The van der Waals surface area contributed by atoms with E-state index in [1.807, 2.05) is 0 Å². The molecule has 0 aromatic rings. The summed E-state index contributed by atoms with van der Waals surface area (Å²) in [6, 6.07) is 0. The molecule has 0 bridgehead atoms. The van der Waals surface area contributed by atoms with Crippen molar-refractivity contribution >= 4 is 12.4 Å². The zero-order valence-corrected chi connectivity index (χ0v) is 2.81. The average Bonchev–Trinajstić information content (AvgIpc) is 0.811. The Hall–Kier alpha value is -0.510. The summed E-state index contributed by atoms with van der Waals surface area (Å²) >= 11 is 0. The molecular weight excluding hydrogens is 97.5 g/mol. The fourth-order valence-electron chi connectivity index (χ4n) is 0. The molecule has 0 rings (SSSR count). The first kappa shape index (κ1) is 8.82. The van der Waals surface area contributed by atoms with Gasteiger partial charge in [-0.25, -0.2) is 0 Å². The molecule has 0 unspecified atom stereocenters. The van der Waals surface area contributed by atoms with Gasteiger partial charge in [-0.15, -0.1) is 0 Å². The van der Waals surface area contributed by atoms with Crippen LogP contribution in [0.15, 0.2) is 0 Å². The Labute approximate surface area is 33.9 Å². The summed E-state index contributed by atoms with van der Waals surface area (Å²) in [6.45, 7) is 0. The van der Waals surface area contributed by atoms with Gasteiger partial charge in [-0.05, 0) is 0 Å². The van der Waals surface area contributed by atoms with Crippen LogP contribution in [0, 0.1) is 15.3 Å². The van der Waals surface area contributed by atoms with Gasteiger partial charge in [0.05, 0.1) is 5.09 Å². The third kappa shape index (κ3) is 29.8. The molecule has 0 aliphatic carbocycles. The lowest BCUT2D eigenvalue weighted by Gasteiger charge is -1.74. The Kier molecular flexibility index (Phi) is 6.16. The number of hydrogen-bond acceptors (Lipinski definition) is 3. The second-order valence-corrected chi connectivity index (χ2v) is 0.224. The number of hydrogen-bond donors (Lipinski definition) is 0. The Balaban J connectivity index is 0. The molecule has 31 valence electrons. The zero-order valence-electron chi connectivity index (χ0n) is 2.05. The van der Waals surface area contributed by atoms with E-state index < -0.39 is 5.09 Å². The maximum atomic E-state index is 8.25. The van der Waals surface area contributed by atoms with Gasteiger partial charge < -0.3 is 15.3 Å². The Morgan fingerprint density at radius 2 is 1.40 bits per heavy atom. The van der Waals surface area contributed by atoms with Crippen molar-refractivity contribution in [3.63, 3.8) is 0 Å². The summed E-state index contributed by atoms with van der Waals surface area (Å²) in [7, 11) is 0. The first-order valence-corrected chi connectivity index (χ1v) is 0.548. The predicted molar refractivity (Wildman–Crippen MR) is 16.2 cm³/mol. The first-order valence-electron chi connectivity index (χ1n) is 0.548. The van der Waals surface area contributed by atoms with Crippen molar-refractivity contribution in [2.75, 3.05) is 0 Å². The molecule has 0 fully saturated rings. The summed E-state index contributed by atoms with van der Waals surface area (Å²) in [5.41, 5.74) is 0. The monoisotopic (exact) mass is 97.0 g/mol. The second-order valence-electron chi connectivity index (χ2n) is 0.224. The van der Waals surface area contributed by atoms with Gasteiger partial charge in [-0.1, -0.05) is 0 Å². The lowest BCUT2D eigenvalue weighted by atomic mass is 13.1. The Morgan fingerprint density at radius 1 is 1.40 bits per heavy atom. The smallest absolute Gasteiger partial charge is 0.0689 e. The van der Waals surface area contributed by atoms with Crippen LogP contribution in [0.2, 0.25) is 0 Å². The Bertz CT molecular complexity index is 29.9. The second kappa shape index (κ2) is 3.49. The van der Waals surface area contributed by atoms with Crippen LogP contribution in [-0.2, 0) is 0 Å². The maximum absolute atomic E-state index is 8.25. The van der Waals surface area contributed by atoms with Crippen LogP contribution in [-0.4, -0.2) is 5.09 Å². The third-order valence-electron chi connectivity index (χ3n) is 0. The molecular formula is ClNO3-. The average molecular weight is 97.5 g/mol. The minimum Gasteiger partial charge on any atom is -0.356 e. The molecule has 0 aliphatic heterocycles. The largest absolute Gasteiger partial charge is 0.356 e. The van der Waals surface area contributed by atoms with Crippen molar-refractivity contribution < 1.29 is 5.09 Å². The lowest BCUT2D eigenvalue weighted by molar-refractivity contribution is -0.402. The molecule has 4 nitrogen and oxygen atoms in total. The molecule has 0 N–H and O–H groups in total. The van der Waals surface area contributed by atoms with E-state index in [0.29, 0.717) is 0 Å². The number of nitrogens with zero attached hydrogens (tertiary/aromatic N) is 1. The topological polar surface area (TPSA) is 66.2 Å². The van der Waals surface area contributed by atoms with Crippen LogP contribution in [0.4, 0.5) is 0 Å². The van der Waals surface area contributed by atoms with Gasteiger partial charge in [0.1, 0.15) is 0 Å². The Morgan fingerprint density at radius 3 is 1.40 bits per heavy atom. The molecule has 0 aromatic heterocycles. The van der Waals surface area contributed by atoms with Crippen LogP contribution < -0.4 is 0 Å². The van der Waals surface area contributed by atoms with E-state index in [0.717, 1.165) is 0 Å². The molecule has 1 radical (unpaired) electrons. The SMILES string of the molecule is O=[N+]([O-])[O-].[Cl]. The van der Waals surface area contributed by atoms with E-state index in [1.165, 1.54) is 0 Å². The van der Waals surface area contributed by atoms with E-state index in [2.05, 4.69) is 0 Å². The van der Waals surface area contributed by atoms with Gasteiger partial charge in [0.25, 0.3) is 0 Å². The summed E-state index contributed by atoms with van der Waals surface area (Å²) in [6.07, 6.45) is 0. The van der Waals surface area contributed by atoms with Gasteiger partial charge in [0.15, 0.2) is 0 Å². The van der Waals surface area contributed by atoms with Gasteiger partial charge in [0.2, 0.25) is 0 Å². The number of rotatable bonds is 0. The molecule has 5 heteroatoms. The molecule has 0 amide bonds. The van der Waals surface area contributed by atoms with Gasteiger partial charge in [-0.2, -0.15) is 0 Å². The van der Waals surface area contributed by atoms with Crippen LogP contribution in [0.25, 0.3) is 0 Å². The highest BCUT2D eigenvalue weighted by atomic mass is 35.5. The fraction of sp³-hybridized carbons (Fsp3) is 0. The standard InChI is InChI=1S/Cl.NO3/c;2-1(3)4/q;-1. The minimum atomic E-state index is -1.75. The van der Waals surface area contributed by atoms with Crippen molar-refractivity contribution in [2.45, 2.75) is 0 Å².